The summed E-state index contributed by atoms with van der Waals surface area (Å²) < 4.78 is 16.2. The Morgan fingerprint density at radius 2 is 2.03 bits per heavy atom. The Bertz CT molecular complexity index is 1210. The van der Waals surface area contributed by atoms with Gasteiger partial charge < -0.3 is 5.32 Å². The minimum atomic E-state index is -0.719. The van der Waals surface area contributed by atoms with Crippen molar-refractivity contribution in [2.24, 2.45) is 7.05 Å². The van der Waals surface area contributed by atoms with E-state index < -0.39 is 16.6 Å². The van der Waals surface area contributed by atoms with E-state index in [4.69, 9.17) is 0 Å². The van der Waals surface area contributed by atoms with E-state index in [0.717, 1.165) is 43.0 Å². The number of nitrogens with zero attached hydrogens (tertiary/aromatic N) is 6. The van der Waals surface area contributed by atoms with E-state index in [2.05, 4.69) is 25.8 Å². The summed E-state index contributed by atoms with van der Waals surface area (Å²) in [6, 6.07) is 4.11. The van der Waals surface area contributed by atoms with Gasteiger partial charge in [-0.3, -0.25) is 14.9 Å². The van der Waals surface area contributed by atoms with Crippen molar-refractivity contribution in [2.75, 3.05) is 11.6 Å². The zero-order valence-corrected chi connectivity index (χ0v) is 19.5. The summed E-state index contributed by atoms with van der Waals surface area (Å²) in [5.74, 6) is -1.31. The smallest absolute Gasteiger partial charge is 0.283 e. The van der Waals surface area contributed by atoms with Crippen LogP contribution in [0, 0.1) is 15.9 Å². The van der Waals surface area contributed by atoms with Crippen molar-refractivity contribution in [1.29, 1.82) is 0 Å². The van der Waals surface area contributed by atoms with E-state index in [0.29, 0.717) is 14.9 Å². The Morgan fingerprint density at radius 1 is 1.27 bits per heavy atom. The lowest BCUT2D eigenvalue weighted by molar-refractivity contribution is -0.387. The molecule has 0 saturated heterocycles. The van der Waals surface area contributed by atoms with E-state index in [1.54, 1.807) is 19.5 Å². The molecule has 13 heteroatoms. The molecule has 4 rings (SSSR count). The minimum Gasteiger partial charge on any atom is -0.304 e. The molecule has 0 atom stereocenters. The fourth-order valence-corrected chi connectivity index (χ4v) is 5.26. The van der Waals surface area contributed by atoms with Crippen molar-refractivity contribution < 1.29 is 14.1 Å². The Balaban J connectivity index is 1.67. The topological polar surface area (TPSA) is 129 Å². The second-order valence-electron chi connectivity index (χ2n) is 7.50. The quantitative estimate of drug-likeness (QED) is 0.291. The summed E-state index contributed by atoms with van der Waals surface area (Å²) in [5.41, 5.74) is 0.584. The van der Waals surface area contributed by atoms with Gasteiger partial charge in [-0.05, 0) is 64.9 Å². The van der Waals surface area contributed by atoms with Crippen molar-refractivity contribution in [2.45, 2.75) is 46.5 Å². The number of nitro benzene ring substituents is 1. The number of benzene rings is 1. The van der Waals surface area contributed by atoms with Crippen LogP contribution in [0.4, 0.5) is 15.9 Å². The van der Waals surface area contributed by atoms with E-state index in [1.807, 2.05) is 0 Å². The molecule has 0 unspecified atom stereocenters. The van der Waals surface area contributed by atoms with Crippen LogP contribution in [-0.4, -0.2) is 42.3 Å². The highest BCUT2D eigenvalue weighted by Gasteiger charge is 2.25. The maximum atomic E-state index is 14.7. The summed E-state index contributed by atoms with van der Waals surface area (Å²) in [6.07, 6.45) is 7.49. The molecule has 1 saturated carbocycles. The molecule has 2 heterocycles. The number of hydrogen-bond donors (Lipinski definition) is 1. The molecule has 2 aromatic heterocycles. The fourth-order valence-electron chi connectivity index (χ4n) is 3.73. The van der Waals surface area contributed by atoms with Crippen LogP contribution in [0.1, 0.15) is 47.5 Å². The van der Waals surface area contributed by atoms with Gasteiger partial charge >= 0.3 is 0 Å². The highest BCUT2D eigenvalue weighted by atomic mass is 32.2. The zero-order chi connectivity index (χ0) is 23.5. The molecule has 1 aromatic carbocycles. The number of amides is 1. The Labute approximate surface area is 196 Å². The largest absolute Gasteiger partial charge is 0.304 e. The summed E-state index contributed by atoms with van der Waals surface area (Å²) in [6.45, 7) is 0. The van der Waals surface area contributed by atoms with Gasteiger partial charge in [-0.2, -0.15) is 0 Å². The lowest BCUT2D eigenvalue weighted by atomic mass is 9.99. The number of hydrogen-bond acceptors (Lipinski definition) is 9. The summed E-state index contributed by atoms with van der Waals surface area (Å²) in [7, 11) is 1.63. The fraction of sp³-hybridized carbons (Fsp3) is 0.350. The number of thioether (sulfide) groups is 1. The van der Waals surface area contributed by atoms with Gasteiger partial charge in [0.15, 0.2) is 11.6 Å². The van der Waals surface area contributed by atoms with Gasteiger partial charge in [0.25, 0.3) is 11.6 Å². The molecule has 0 radical (unpaired) electrons. The number of halogens is 1. The number of pyridine rings is 1. The van der Waals surface area contributed by atoms with E-state index in [-0.39, 0.29) is 23.0 Å². The van der Waals surface area contributed by atoms with Crippen LogP contribution in [-0.2, 0) is 7.05 Å². The van der Waals surface area contributed by atoms with Crippen molar-refractivity contribution >= 4 is 40.9 Å². The number of nitro groups is 1. The summed E-state index contributed by atoms with van der Waals surface area (Å²) in [5, 5.41) is 25.6. The molecular formula is C20H20FN7O3S2. The highest BCUT2D eigenvalue weighted by molar-refractivity contribution is 7.99. The Hall–Kier alpha value is -3.06. The van der Waals surface area contributed by atoms with Crippen LogP contribution < -0.4 is 5.32 Å². The number of rotatable bonds is 7. The van der Waals surface area contributed by atoms with Crippen LogP contribution in [0.25, 0.3) is 0 Å². The first kappa shape index (κ1) is 23.1. The predicted octanol–water partition coefficient (Wildman–Crippen LogP) is 4.44. The Kier molecular flexibility index (Phi) is 6.88. The van der Waals surface area contributed by atoms with Crippen molar-refractivity contribution in [3.8, 4) is 0 Å². The number of carbonyl (C=O) groups is 1. The van der Waals surface area contributed by atoms with E-state index in [9.17, 15) is 19.3 Å². The van der Waals surface area contributed by atoms with Crippen LogP contribution in [0.5, 0.6) is 0 Å². The molecule has 1 fully saturated rings. The highest BCUT2D eigenvalue weighted by Crippen LogP contribution is 2.38. The average molecular weight is 490 g/mol. The van der Waals surface area contributed by atoms with Gasteiger partial charge in [0, 0.05) is 24.2 Å². The van der Waals surface area contributed by atoms with Crippen molar-refractivity contribution in [1.82, 2.24) is 25.2 Å². The standard InChI is InChI=1S/C20H20FN7O3S2/c1-27-20(24-25-26-27)33-16-9-17(32-2)15(28(30)31)8-13(16)19(29)23-18-14(21)7-12(10-22-18)11-5-3-4-6-11/h7-11H,3-6H2,1-2H3,(H,22,23,29). The van der Waals surface area contributed by atoms with E-state index >= 15 is 0 Å². The first-order valence-corrected chi connectivity index (χ1v) is 12.1. The molecule has 3 aromatic rings. The monoisotopic (exact) mass is 489 g/mol. The molecule has 1 aliphatic rings. The molecule has 0 spiro atoms. The number of anilines is 1. The zero-order valence-electron chi connectivity index (χ0n) is 17.8. The minimum absolute atomic E-state index is 0.00595. The van der Waals surface area contributed by atoms with Crippen molar-refractivity contribution in [3.63, 3.8) is 0 Å². The first-order valence-electron chi connectivity index (χ1n) is 10.1. The molecule has 33 heavy (non-hydrogen) atoms. The average Bonchev–Trinajstić information content (AvgIpc) is 3.47. The van der Waals surface area contributed by atoms with Gasteiger partial charge in [-0.15, -0.1) is 16.9 Å². The molecule has 1 N–H and O–H groups in total. The number of aryl methyl sites for hydroxylation is 1. The van der Waals surface area contributed by atoms with Gasteiger partial charge in [0.1, 0.15) is 0 Å². The molecule has 1 aliphatic carbocycles. The van der Waals surface area contributed by atoms with Crippen LogP contribution in [0.15, 0.2) is 39.3 Å². The maximum absolute atomic E-state index is 14.7. The third-order valence-corrected chi connectivity index (χ3v) is 7.28. The molecular weight excluding hydrogens is 469 g/mol. The number of aromatic nitrogens is 5. The predicted molar refractivity (Wildman–Crippen MR) is 121 cm³/mol. The summed E-state index contributed by atoms with van der Waals surface area (Å²) in [4.78, 5) is 29.0. The second-order valence-corrected chi connectivity index (χ2v) is 9.36. The molecule has 172 valence electrons. The third-order valence-electron chi connectivity index (χ3n) is 5.43. The summed E-state index contributed by atoms with van der Waals surface area (Å²) >= 11 is 2.25. The number of nitrogens with one attached hydrogen (secondary N) is 1. The lowest BCUT2D eigenvalue weighted by Gasteiger charge is -2.13. The van der Waals surface area contributed by atoms with Gasteiger partial charge in [-0.1, -0.05) is 12.8 Å². The second kappa shape index (κ2) is 9.83. The maximum Gasteiger partial charge on any atom is 0.283 e. The van der Waals surface area contributed by atoms with Crippen LogP contribution >= 0.6 is 23.5 Å². The van der Waals surface area contributed by atoms with Crippen LogP contribution in [0.3, 0.4) is 0 Å². The van der Waals surface area contributed by atoms with Gasteiger partial charge in [0.2, 0.25) is 5.16 Å². The normalized spacial score (nSPS) is 13.9. The Morgan fingerprint density at radius 3 is 2.64 bits per heavy atom. The molecule has 1 amide bonds. The molecule has 10 nitrogen and oxygen atoms in total. The first-order chi connectivity index (χ1) is 15.9. The van der Waals surface area contributed by atoms with Gasteiger partial charge in [-0.25, -0.2) is 14.1 Å². The number of carbonyl (C=O) groups excluding carboxylic acids is 1. The third kappa shape index (κ3) is 4.98. The molecule has 0 bridgehead atoms. The molecule has 0 aliphatic heterocycles. The number of tetrazole rings is 1. The van der Waals surface area contributed by atoms with Crippen molar-refractivity contribution in [3.05, 3.63) is 51.5 Å². The van der Waals surface area contributed by atoms with E-state index in [1.165, 1.54) is 34.6 Å². The van der Waals surface area contributed by atoms with Crippen LogP contribution in [0.2, 0.25) is 0 Å². The van der Waals surface area contributed by atoms with Gasteiger partial charge in [0.05, 0.1) is 15.4 Å². The SMILES string of the molecule is CSc1cc(Sc2nnnn2C)c(C(=O)Nc2ncc(C3CCCC3)cc2F)cc1[N+](=O)[O-]. The lowest BCUT2D eigenvalue weighted by Crippen LogP contribution is -2.16.